The number of aromatic nitrogens is 2. The molecule has 0 spiro atoms. The van der Waals surface area contributed by atoms with E-state index in [1.54, 1.807) is 45.0 Å². The SMILES string of the molecule is CC(C)(C)OC(=O)N[C@H]1CS(=O)(=O)c2cc(F)c(-c3nnc(NC4CCCN(CC(F)(F)F)C4)o3)cc2N(Cc2ccc(Cl)cc2)C1=O. The number of fused-ring (bicyclic) bond motifs is 1. The van der Waals surface area contributed by atoms with Crippen LogP contribution in [0.3, 0.4) is 0 Å². The van der Waals surface area contributed by atoms with Gasteiger partial charge in [-0.25, -0.2) is 17.6 Å². The standard InChI is InChI=1S/C30H33ClF4N6O6S/c1-29(2,3)47-28(43)37-22-15-48(44,45)24-12-21(32)20(11-23(24)41(26(22)42)13-17-6-8-18(31)9-7-17)25-38-39-27(46-25)36-19-5-4-10-40(14-19)16-30(33,34)35/h6-9,11-12,19,22H,4-5,10,13-16H2,1-3H3,(H,36,39)(H,37,43)/t19?,22-/m0/s1. The number of carbonyl (C=O) groups excluding carboxylic acids is 2. The van der Waals surface area contributed by atoms with E-state index in [-0.39, 0.29) is 42.8 Å². The van der Waals surface area contributed by atoms with E-state index in [9.17, 15) is 31.2 Å². The third kappa shape index (κ3) is 8.73. The highest BCUT2D eigenvalue weighted by molar-refractivity contribution is 7.91. The van der Waals surface area contributed by atoms with Gasteiger partial charge in [-0.1, -0.05) is 28.8 Å². The van der Waals surface area contributed by atoms with Crippen molar-refractivity contribution in [1.82, 2.24) is 20.4 Å². The molecule has 0 radical (unpaired) electrons. The lowest BCUT2D eigenvalue weighted by atomic mass is 10.1. The third-order valence-electron chi connectivity index (χ3n) is 7.46. The fourth-order valence-electron chi connectivity index (χ4n) is 5.48. The molecule has 48 heavy (non-hydrogen) atoms. The average Bonchev–Trinajstić information content (AvgIpc) is 3.40. The summed E-state index contributed by atoms with van der Waals surface area (Å²) in [6, 6.07) is 5.98. The second-order valence-electron chi connectivity index (χ2n) is 12.6. The van der Waals surface area contributed by atoms with Crippen LogP contribution in [0.15, 0.2) is 45.7 Å². The number of alkyl carbamates (subject to hydrolysis) is 1. The van der Waals surface area contributed by atoms with Crippen LogP contribution >= 0.6 is 11.6 Å². The number of benzene rings is 2. The Morgan fingerprint density at radius 2 is 1.85 bits per heavy atom. The third-order valence-corrected chi connectivity index (χ3v) is 9.48. The van der Waals surface area contributed by atoms with E-state index in [2.05, 4.69) is 20.8 Å². The summed E-state index contributed by atoms with van der Waals surface area (Å²) in [5, 5.41) is 13.4. The summed E-state index contributed by atoms with van der Waals surface area (Å²) < 4.78 is 92.5. The van der Waals surface area contributed by atoms with Crippen LogP contribution in [0.4, 0.5) is 34.1 Å². The normalized spacial score (nSPS) is 20.2. The molecule has 5 rings (SSSR count). The highest BCUT2D eigenvalue weighted by Crippen LogP contribution is 2.37. The van der Waals surface area contributed by atoms with Crippen LogP contribution in [0.2, 0.25) is 5.02 Å². The smallest absolute Gasteiger partial charge is 0.408 e. The van der Waals surface area contributed by atoms with Crippen molar-refractivity contribution >= 4 is 45.1 Å². The fraction of sp³-hybridized carbons (Fsp3) is 0.467. The molecular formula is C30H33ClF4N6O6S. The number of halogens is 5. The number of nitrogens with one attached hydrogen (secondary N) is 2. The summed E-state index contributed by atoms with van der Waals surface area (Å²) in [5.41, 5.74) is -0.948. The van der Waals surface area contributed by atoms with Crippen LogP contribution in [0.5, 0.6) is 0 Å². The number of alkyl halides is 3. The van der Waals surface area contributed by atoms with Gasteiger partial charge in [0.25, 0.3) is 11.8 Å². The molecule has 2 aliphatic rings. The van der Waals surface area contributed by atoms with Crippen molar-refractivity contribution in [2.45, 2.75) is 68.9 Å². The predicted molar refractivity (Wildman–Crippen MR) is 167 cm³/mol. The summed E-state index contributed by atoms with van der Waals surface area (Å²) in [5.74, 6) is -3.12. The summed E-state index contributed by atoms with van der Waals surface area (Å²) in [6.45, 7) is 3.87. The zero-order valence-corrected chi connectivity index (χ0v) is 27.7. The van der Waals surface area contributed by atoms with Crippen LogP contribution in [-0.2, 0) is 25.9 Å². The van der Waals surface area contributed by atoms with Crippen molar-refractivity contribution in [3.8, 4) is 11.5 Å². The van der Waals surface area contributed by atoms with Crippen LogP contribution in [0.1, 0.15) is 39.2 Å². The van der Waals surface area contributed by atoms with E-state index in [4.69, 9.17) is 20.8 Å². The Bertz CT molecular complexity index is 1780. The minimum atomic E-state index is -4.39. The number of anilines is 2. The number of carbonyl (C=O) groups is 2. The Morgan fingerprint density at radius 3 is 2.52 bits per heavy atom. The molecule has 1 unspecified atom stereocenters. The summed E-state index contributed by atoms with van der Waals surface area (Å²) >= 11 is 6.02. The van der Waals surface area contributed by atoms with E-state index in [0.29, 0.717) is 23.4 Å². The molecule has 2 aliphatic heterocycles. The number of hydrogen-bond donors (Lipinski definition) is 2. The molecule has 260 valence electrons. The van der Waals surface area contributed by atoms with Gasteiger partial charge in [0.2, 0.25) is 0 Å². The van der Waals surface area contributed by atoms with Gasteiger partial charge < -0.3 is 24.7 Å². The number of rotatable bonds is 7. The Kier molecular flexibility index (Phi) is 9.95. The van der Waals surface area contributed by atoms with E-state index < -0.39 is 68.7 Å². The maximum Gasteiger partial charge on any atom is 0.408 e. The molecule has 0 bridgehead atoms. The van der Waals surface area contributed by atoms with Gasteiger partial charge in [-0.2, -0.15) is 13.2 Å². The molecule has 18 heteroatoms. The van der Waals surface area contributed by atoms with Crippen LogP contribution in [0, 0.1) is 5.82 Å². The number of likely N-dealkylation sites (tertiary alicyclic amines) is 1. The van der Waals surface area contributed by atoms with Crippen molar-refractivity contribution in [2.75, 3.05) is 35.6 Å². The Hall–Kier alpha value is -3.96. The molecule has 2 amide bonds. The maximum atomic E-state index is 15.7. The number of ether oxygens (including phenoxy) is 1. The molecule has 3 aromatic rings. The molecule has 12 nitrogen and oxygen atoms in total. The van der Waals surface area contributed by atoms with Crippen molar-refractivity contribution in [3.05, 3.63) is 52.8 Å². The van der Waals surface area contributed by atoms with Gasteiger partial charge in [-0.15, -0.1) is 5.10 Å². The topological polar surface area (TPSA) is 147 Å². The number of piperidine rings is 1. The molecule has 3 heterocycles. The lowest BCUT2D eigenvalue weighted by Gasteiger charge is -2.32. The van der Waals surface area contributed by atoms with Gasteiger partial charge in [0, 0.05) is 17.6 Å². The molecule has 2 N–H and O–H groups in total. The molecule has 1 aromatic heterocycles. The second kappa shape index (κ2) is 13.5. The minimum Gasteiger partial charge on any atom is -0.444 e. The zero-order chi connectivity index (χ0) is 35.0. The van der Waals surface area contributed by atoms with Gasteiger partial charge in [0.05, 0.1) is 35.0 Å². The van der Waals surface area contributed by atoms with E-state index in [1.165, 1.54) is 4.90 Å². The van der Waals surface area contributed by atoms with Crippen LogP contribution in [0.25, 0.3) is 11.5 Å². The summed E-state index contributed by atoms with van der Waals surface area (Å²) in [6.07, 6.45) is -4.36. The van der Waals surface area contributed by atoms with E-state index in [1.807, 2.05) is 0 Å². The molecule has 1 fully saturated rings. The first-order chi connectivity index (χ1) is 22.4. The Morgan fingerprint density at radius 1 is 1.15 bits per heavy atom. The van der Waals surface area contributed by atoms with Gasteiger partial charge in [-0.05, 0) is 70.0 Å². The summed E-state index contributed by atoms with van der Waals surface area (Å²) in [7, 11) is -4.39. The number of amides is 2. The van der Waals surface area contributed by atoms with Crippen molar-refractivity contribution in [1.29, 1.82) is 0 Å². The molecule has 1 saturated heterocycles. The van der Waals surface area contributed by atoms with Gasteiger partial charge >= 0.3 is 18.3 Å². The average molecular weight is 717 g/mol. The van der Waals surface area contributed by atoms with Crippen LogP contribution in [-0.4, -0.2) is 84.8 Å². The van der Waals surface area contributed by atoms with Gasteiger partial charge in [0.1, 0.15) is 17.5 Å². The first-order valence-corrected chi connectivity index (χ1v) is 16.9. The Labute approximate surface area is 278 Å². The monoisotopic (exact) mass is 716 g/mol. The van der Waals surface area contributed by atoms with Crippen molar-refractivity contribution in [2.24, 2.45) is 0 Å². The summed E-state index contributed by atoms with van der Waals surface area (Å²) in [4.78, 5) is 28.4. The number of nitrogens with zero attached hydrogens (tertiary/aromatic N) is 4. The van der Waals surface area contributed by atoms with Crippen LogP contribution < -0.4 is 15.5 Å². The first kappa shape index (κ1) is 35.3. The van der Waals surface area contributed by atoms with Crippen molar-refractivity contribution in [3.63, 3.8) is 0 Å². The lowest BCUT2D eigenvalue weighted by molar-refractivity contribution is -0.147. The highest BCUT2D eigenvalue weighted by atomic mass is 35.5. The zero-order valence-electron chi connectivity index (χ0n) is 26.1. The van der Waals surface area contributed by atoms with Crippen molar-refractivity contribution < 1.29 is 44.7 Å². The number of sulfone groups is 1. The largest absolute Gasteiger partial charge is 0.444 e. The van der Waals surface area contributed by atoms with E-state index >= 15 is 4.39 Å². The minimum absolute atomic E-state index is 0.0581. The molecule has 2 aromatic carbocycles. The molecule has 2 atom stereocenters. The second-order valence-corrected chi connectivity index (χ2v) is 15.0. The van der Waals surface area contributed by atoms with Gasteiger partial charge in [0.15, 0.2) is 9.84 Å². The van der Waals surface area contributed by atoms with E-state index in [0.717, 1.165) is 17.0 Å². The quantitative estimate of drug-likeness (QED) is 0.314. The van der Waals surface area contributed by atoms with Gasteiger partial charge in [-0.3, -0.25) is 9.69 Å². The molecular weight excluding hydrogens is 684 g/mol. The molecule has 0 saturated carbocycles. The molecule has 0 aliphatic carbocycles. The maximum absolute atomic E-state index is 15.7. The highest BCUT2D eigenvalue weighted by Gasteiger charge is 2.41. The Balaban J connectivity index is 1.48. The fourth-order valence-corrected chi connectivity index (χ4v) is 7.22. The first-order valence-electron chi connectivity index (χ1n) is 14.9. The number of hydrogen-bond acceptors (Lipinski definition) is 10. The predicted octanol–water partition coefficient (Wildman–Crippen LogP) is 5.18. The lowest BCUT2D eigenvalue weighted by Crippen LogP contribution is -2.51.